The van der Waals surface area contributed by atoms with Crippen LogP contribution < -0.4 is 4.72 Å². The summed E-state index contributed by atoms with van der Waals surface area (Å²) in [6.07, 6.45) is -0.899. The summed E-state index contributed by atoms with van der Waals surface area (Å²) in [7, 11) is -4.30. The van der Waals surface area contributed by atoms with E-state index in [0.29, 0.717) is 0 Å². The van der Waals surface area contributed by atoms with Crippen LogP contribution in [-0.2, 0) is 14.8 Å². The lowest BCUT2D eigenvalue weighted by molar-refractivity contribution is -0.131. The molecule has 0 heterocycles. The third kappa shape index (κ3) is 5.24. The van der Waals surface area contributed by atoms with E-state index in [1.165, 1.54) is 0 Å². The van der Waals surface area contributed by atoms with E-state index in [4.69, 9.17) is 28.3 Å². The number of carbonyl (C=O) groups is 1. The van der Waals surface area contributed by atoms with Crippen molar-refractivity contribution in [2.24, 2.45) is 0 Å². The van der Waals surface area contributed by atoms with Gasteiger partial charge in [0.1, 0.15) is 4.90 Å². The molecule has 0 saturated heterocycles. The quantitative estimate of drug-likeness (QED) is 0.764. The molecular formula is C11H9Cl2F2NO4S. The Morgan fingerprint density at radius 1 is 1.33 bits per heavy atom. The van der Waals surface area contributed by atoms with Crippen LogP contribution >= 0.6 is 23.2 Å². The maximum absolute atomic E-state index is 12.1. The summed E-state index contributed by atoms with van der Waals surface area (Å²) in [4.78, 5) is 9.85. The van der Waals surface area contributed by atoms with Crippen LogP contribution in [0.1, 0.15) is 5.56 Å². The monoisotopic (exact) mass is 359 g/mol. The van der Waals surface area contributed by atoms with Gasteiger partial charge in [0.05, 0.1) is 16.6 Å². The molecular weight excluding hydrogens is 351 g/mol. The molecule has 0 spiro atoms. The predicted octanol–water partition coefficient (Wildman–Crippen LogP) is 2.63. The van der Waals surface area contributed by atoms with Crippen LogP contribution in [0.5, 0.6) is 0 Å². The Hall–Kier alpha value is -1.22. The first-order chi connectivity index (χ1) is 9.63. The fraction of sp³-hybridized carbons (Fsp3) is 0.182. The van der Waals surface area contributed by atoms with E-state index in [2.05, 4.69) is 0 Å². The molecule has 1 rings (SSSR count). The summed E-state index contributed by atoms with van der Waals surface area (Å²) in [6, 6.07) is 2.31. The fourth-order valence-corrected chi connectivity index (χ4v) is 3.58. The Kier molecular flexibility index (Phi) is 6.09. The van der Waals surface area contributed by atoms with Crippen molar-refractivity contribution >= 4 is 45.3 Å². The molecule has 0 atom stereocenters. The van der Waals surface area contributed by atoms with Crippen LogP contribution in [-0.4, -0.2) is 32.5 Å². The number of carboxylic acid groups (broad SMARTS) is 1. The van der Waals surface area contributed by atoms with Gasteiger partial charge in [-0.2, -0.15) is 0 Å². The van der Waals surface area contributed by atoms with Gasteiger partial charge in [0, 0.05) is 6.08 Å². The zero-order valence-electron chi connectivity index (χ0n) is 10.2. The predicted molar refractivity (Wildman–Crippen MR) is 74.3 cm³/mol. The van der Waals surface area contributed by atoms with E-state index in [1.807, 2.05) is 0 Å². The van der Waals surface area contributed by atoms with Gasteiger partial charge in [-0.1, -0.05) is 23.2 Å². The number of aliphatic carboxylic acids is 1. The Bertz CT molecular complexity index is 654. The first kappa shape index (κ1) is 17.8. The van der Waals surface area contributed by atoms with Gasteiger partial charge in [0.2, 0.25) is 10.0 Å². The average Bonchev–Trinajstić information content (AvgIpc) is 2.33. The highest BCUT2D eigenvalue weighted by molar-refractivity contribution is 7.89. The normalized spacial score (nSPS) is 12.2. The third-order valence-electron chi connectivity index (χ3n) is 2.14. The van der Waals surface area contributed by atoms with E-state index in [0.717, 1.165) is 24.3 Å². The SMILES string of the molecule is O=C(O)/C=C/c1cc(Cl)c(S(=O)(=O)NCC(F)F)c(Cl)c1. The summed E-state index contributed by atoms with van der Waals surface area (Å²) >= 11 is 11.6. The van der Waals surface area contributed by atoms with E-state index in [1.54, 1.807) is 4.72 Å². The highest BCUT2D eigenvalue weighted by atomic mass is 35.5. The highest BCUT2D eigenvalue weighted by Gasteiger charge is 2.23. The number of hydrogen-bond donors (Lipinski definition) is 2. The van der Waals surface area contributed by atoms with Crippen LogP contribution in [0.2, 0.25) is 10.0 Å². The maximum atomic E-state index is 12.1. The average molecular weight is 360 g/mol. The summed E-state index contributed by atoms with van der Waals surface area (Å²) < 4.78 is 49.5. The number of alkyl halides is 2. The summed E-state index contributed by atoms with van der Waals surface area (Å²) in [5.41, 5.74) is 0.250. The zero-order chi connectivity index (χ0) is 16.2. The molecule has 0 amide bonds. The number of halogens is 4. The van der Waals surface area contributed by atoms with E-state index >= 15 is 0 Å². The standard InChI is InChI=1S/C11H9Cl2F2NO4S/c12-7-3-6(1-2-10(17)18)4-8(13)11(7)21(19,20)16-5-9(14)15/h1-4,9,16H,5H2,(H,17,18)/b2-1+. The minimum absolute atomic E-state index is 0.250. The number of sulfonamides is 1. The molecule has 116 valence electrons. The maximum Gasteiger partial charge on any atom is 0.328 e. The second kappa shape index (κ2) is 7.17. The van der Waals surface area contributed by atoms with Crippen molar-refractivity contribution in [3.8, 4) is 0 Å². The first-order valence-electron chi connectivity index (χ1n) is 5.31. The van der Waals surface area contributed by atoms with Gasteiger partial charge in [-0.05, 0) is 23.8 Å². The minimum atomic E-state index is -4.30. The molecule has 0 saturated carbocycles. The van der Waals surface area contributed by atoms with E-state index in [-0.39, 0.29) is 15.6 Å². The van der Waals surface area contributed by atoms with E-state index in [9.17, 15) is 22.0 Å². The number of nitrogens with one attached hydrogen (secondary N) is 1. The molecule has 0 radical (unpaired) electrons. The van der Waals surface area contributed by atoms with Crippen molar-refractivity contribution in [2.45, 2.75) is 11.3 Å². The summed E-state index contributed by atoms with van der Waals surface area (Å²) in [5, 5.41) is 7.87. The first-order valence-corrected chi connectivity index (χ1v) is 7.55. The smallest absolute Gasteiger partial charge is 0.328 e. The fourth-order valence-electron chi connectivity index (χ4n) is 1.34. The van der Waals surface area contributed by atoms with Crippen LogP contribution in [0.4, 0.5) is 8.78 Å². The molecule has 5 nitrogen and oxygen atoms in total. The molecule has 0 aliphatic rings. The lowest BCUT2D eigenvalue weighted by Gasteiger charge is -2.10. The lowest BCUT2D eigenvalue weighted by atomic mass is 10.2. The summed E-state index contributed by atoms with van der Waals surface area (Å²) in [5.74, 6) is -1.21. The zero-order valence-corrected chi connectivity index (χ0v) is 12.5. The Balaban J connectivity index is 3.18. The van der Waals surface area contributed by atoms with Crippen molar-refractivity contribution in [1.82, 2.24) is 4.72 Å². The largest absolute Gasteiger partial charge is 0.478 e. The van der Waals surface area contributed by atoms with E-state index < -0.39 is 33.9 Å². The Morgan fingerprint density at radius 3 is 2.29 bits per heavy atom. The Morgan fingerprint density at radius 2 is 1.86 bits per heavy atom. The molecule has 0 bridgehead atoms. The van der Waals surface area contributed by atoms with Gasteiger partial charge < -0.3 is 5.11 Å². The van der Waals surface area contributed by atoms with Crippen molar-refractivity contribution in [1.29, 1.82) is 0 Å². The highest BCUT2D eigenvalue weighted by Crippen LogP contribution is 2.31. The van der Waals surface area contributed by atoms with Gasteiger partial charge in [-0.15, -0.1) is 0 Å². The van der Waals surface area contributed by atoms with Gasteiger partial charge in [-0.3, -0.25) is 0 Å². The van der Waals surface area contributed by atoms with Crippen molar-refractivity contribution in [3.05, 3.63) is 33.8 Å². The van der Waals surface area contributed by atoms with Gasteiger partial charge in [-0.25, -0.2) is 26.7 Å². The molecule has 0 aliphatic heterocycles. The number of hydrogen-bond acceptors (Lipinski definition) is 3. The van der Waals surface area contributed by atoms with Gasteiger partial charge >= 0.3 is 5.97 Å². The molecule has 1 aromatic carbocycles. The van der Waals surface area contributed by atoms with Crippen LogP contribution in [0.3, 0.4) is 0 Å². The van der Waals surface area contributed by atoms with Crippen molar-refractivity contribution in [2.75, 3.05) is 6.54 Å². The molecule has 0 aliphatic carbocycles. The molecule has 21 heavy (non-hydrogen) atoms. The van der Waals surface area contributed by atoms with Gasteiger partial charge in [0.25, 0.3) is 6.43 Å². The lowest BCUT2D eigenvalue weighted by Crippen LogP contribution is -2.29. The van der Waals surface area contributed by atoms with Crippen molar-refractivity contribution < 1.29 is 27.1 Å². The van der Waals surface area contributed by atoms with Crippen LogP contribution in [0.25, 0.3) is 6.08 Å². The number of benzene rings is 1. The number of carboxylic acids is 1. The molecule has 1 aromatic rings. The topological polar surface area (TPSA) is 83.5 Å². The Labute approximate surface area is 129 Å². The molecule has 2 N–H and O–H groups in total. The van der Waals surface area contributed by atoms with Crippen LogP contribution in [0, 0.1) is 0 Å². The molecule has 0 fully saturated rings. The molecule has 0 unspecified atom stereocenters. The van der Waals surface area contributed by atoms with Gasteiger partial charge in [0.15, 0.2) is 0 Å². The minimum Gasteiger partial charge on any atom is -0.478 e. The summed E-state index contributed by atoms with van der Waals surface area (Å²) in [6.45, 7) is -1.07. The van der Waals surface area contributed by atoms with Crippen molar-refractivity contribution in [3.63, 3.8) is 0 Å². The third-order valence-corrected chi connectivity index (χ3v) is 4.48. The molecule has 10 heteroatoms. The molecule has 0 aromatic heterocycles. The van der Waals surface area contributed by atoms with Crippen LogP contribution in [0.15, 0.2) is 23.1 Å². The number of rotatable bonds is 6. The second-order valence-corrected chi connectivity index (χ2v) is 6.25. The second-order valence-electron chi connectivity index (χ2n) is 3.73.